The maximum atomic E-state index is 2.42. The minimum Gasteiger partial charge on any atom is -0.347 e. The third kappa shape index (κ3) is 2.32. The van der Waals surface area contributed by atoms with Crippen LogP contribution in [0.3, 0.4) is 0 Å². The average molecular weight is 352 g/mol. The summed E-state index contributed by atoms with van der Waals surface area (Å²) in [5.74, 6) is 0. The third-order valence-electron chi connectivity index (χ3n) is 6.28. The van der Waals surface area contributed by atoms with Crippen LogP contribution in [0.2, 0.25) is 0 Å². The van der Waals surface area contributed by atoms with Crippen molar-refractivity contribution in [1.82, 2.24) is 0 Å². The number of fused-ring (bicyclic) bond motifs is 2. The highest BCUT2D eigenvalue weighted by Crippen LogP contribution is 2.41. The number of hydrogen-bond acceptors (Lipinski definition) is 2. The molecule has 0 aliphatic carbocycles. The summed E-state index contributed by atoms with van der Waals surface area (Å²) in [4.78, 5) is 5.29. The molecule has 0 saturated carbocycles. The predicted molar refractivity (Wildman–Crippen MR) is 109 cm³/mol. The summed E-state index contributed by atoms with van der Waals surface area (Å²) in [7, 11) is 4.44. The fraction of sp³-hybridized carbons (Fsp3) is 0.409. The molecule has 3 heteroatoms. The molecule has 1 aromatic heterocycles. The molecule has 0 amide bonds. The number of rotatable bonds is 1. The highest BCUT2D eigenvalue weighted by atomic mass is 32.1. The molecule has 4 rings (SSSR count). The van der Waals surface area contributed by atoms with E-state index in [0.29, 0.717) is 0 Å². The van der Waals surface area contributed by atoms with Crippen LogP contribution in [0.5, 0.6) is 0 Å². The summed E-state index contributed by atoms with van der Waals surface area (Å²) in [6.45, 7) is 11.3. The first-order valence-corrected chi connectivity index (χ1v) is 9.83. The van der Waals surface area contributed by atoms with Crippen LogP contribution >= 0.6 is 11.3 Å². The molecule has 0 atom stereocenters. The summed E-state index contributed by atoms with van der Waals surface area (Å²) < 4.78 is 2.42. The Kier molecular flexibility index (Phi) is 3.69. The Balaban J connectivity index is 1.76. The van der Waals surface area contributed by atoms with Crippen molar-refractivity contribution in [2.75, 3.05) is 19.0 Å². The van der Waals surface area contributed by atoms with Gasteiger partial charge in [-0.15, -0.1) is 11.3 Å². The van der Waals surface area contributed by atoms with Crippen molar-refractivity contribution < 1.29 is 4.58 Å². The van der Waals surface area contributed by atoms with Crippen LogP contribution in [0.4, 0.5) is 11.4 Å². The number of benzene rings is 1. The average Bonchev–Trinajstić information content (AvgIpc) is 3.18. The zero-order valence-electron chi connectivity index (χ0n) is 16.4. The van der Waals surface area contributed by atoms with Gasteiger partial charge in [0.05, 0.1) is 12.1 Å². The molecule has 25 heavy (non-hydrogen) atoms. The summed E-state index contributed by atoms with van der Waals surface area (Å²) >= 11 is 1.93. The summed E-state index contributed by atoms with van der Waals surface area (Å²) in [5.41, 5.74) is 13.0. The maximum Gasteiger partial charge on any atom is 0.212 e. The van der Waals surface area contributed by atoms with Gasteiger partial charge in [-0.25, -0.2) is 0 Å². The molecule has 0 fully saturated rings. The lowest BCUT2D eigenvalue weighted by molar-refractivity contribution is -0.401. The Bertz CT molecular complexity index is 973. The molecule has 0 saturated heterocycles. The van der Waals surface area contributed by atoms with Gasteiger partial charge in [0.1, 0.15) is 7.05 Å². The molecule has 3 heterocycles. The molecule has 2 aliphatic rings. The zero-order valence-corrected chi connectivity index (χ0v) is 17.2. The normalized spacial score (nSPS) is 17.7. The smallest absolute Gasteiger partial charge is 0.212 e. The van der Waals surface area contributed by atoms with Gasteiger partial charge in [0, 0.05) is 46.1 Å². The molecule has 0 radical (unpaired) electrons. The van der Waals surface area contributed by atoms with E-state index in [1.54, 1.807) is 0 Å². The molecular weight excluding hydrogens is 324 g/mol. The standard InChI is InChI=1S/C22H27N2S/c1-12-8-20-21(25-12)11-18(23(20)6)9-17-10-19-15(4)13(2)14(3)16(5)22(19)24(17)7/h8-9H,10-11H2,1-7H3/q+1. The minimum absolute atomic E-state index is 1.05. The Hall–Kier alpha value is -1.87. The van der Waals surface area contributed by atoms with E-state index in [1.165, 1.54) is 60.4 Å². The monoisotopic (exact) mass is 351 g/mol. The lowest BCUT2D eigenvalue weighted by Gasteiger charge is -2.13. The largest absolute Gasteiger partial charge is 0.347 e. The van der Waals surface area contributed by atoms with Gasteiger partial charge in [-0.2, -0.15) is 4.58 Å². The number of allylic oxidation sites excluding steroid dienone is 2. The van der Waals surface area contributed by atoms with Crippen molar-refractivity contribution in [3.63, 3.8) is 0 Å². The van der Waals surface area contributed by atoms with Crippen LogP contribution in [-0.4, -0.2) is 24.4 Å². The van der Waals surface area contributed by atoms with E-state index in [0.717, 1.165) is 12.8 Å². The quantitative estimate of drug-likeness (QED) is 0.645. The molecular formula is C22H27N2S+. The number of hydrogen-bond donors (Lipinski definition) is 0. The molecule has 0 spiro atoms. The van der Waals surface area contributed by atoms with Crippen LogP contribution in [0.1, 0.15) is 37.6 Å². The highest BCUT2D eigenvalue weighted by molar-refractivity contribution is 7.12. The third-order valence-corrected chi connectivity index (χ3v) is 7.32. The van der Waals surface area contributed by atoms with Gasteiger partial charge in [0.2, 0.25) is 5.69 Å². The number of thiophene rings is 1. The second-order valence-corrected chi connectivity index (χ2v) is 8.93. The first-order chi connectivity index (χ1) is 11.8. The van der Waals surface area contributed by atoms with Gasteiger partial charge < -0.3 is 4.90 Å². The van der Waals surface area contributed by atoms with E-state index >= 15 is 0 Å². The summed E-state index contributed by atoms with van der Waals surface area (Å²) in [6.07, 6.45) is 4.53. The van der Waals surface area contributed by atoms with Gasteiger partial charge in [-0.05, 0) is 57.4 Å². The minimum atomic E-state index is 1.05. The molecule has 0 bridgehead atoms. The number of likely N-dealkylation sites (N-methyl/N-ethyl adjacent to an activating group) is 1. The summed E-state index contributed by atoms with van der Waals surface area (Å²) in [6, 6.07) is 2.32. The van der Waals surface area contributed by atoms with Gasteiger partial charge in [0.25, 0.3) is 0 Å². The molecule has 0 N–H and O–H groups in total. The Morgan fingerprint density at radius 2 is 1.68 bits per heavy atom. The topological polar surface area (TPSA) is 6.25 Å². The number of anilines is 1. The van der Waals surface area contributed by atoms with Crippen LogP contribution in [0.15, 0.2) is 17.8 Å². The SMILES string of the molecule is Cc1cc2c(s1)CC(=CC1=[N+](C)c3c(C)c(C)c(C)c(C)c3C1)N2C. The Labute approximate surface area is 155 Å². The van der Waals surface area contributed by atoms with E-state index in [9.17, 15) is 0 Å². The van der Waals surface area contributed by atoms with E-state index in [4.69, 9.17) is 0 Å². The van der Waals surface area contributed by atoms with Crippen molar-refractivity contribution in [2.45, 2.75) is 47.5 Å². The van der Waals surface area contributed by atoms with Crippen molar-refractivity contribution in [3.05, 3.63) is 55.4 Å². The van der Waals surface area contributed by atoms with Crippen LogP contribution in [0, 0.1) is 34.6 Å². The van der Waals surface area contributed by atoms with E-state index in [1.807, 2.05) is 11.3 Å². The fourth-order valence-electron chi connectivity index (χ4n) is 4.37. The van der Waals surface area contributed by atoms with Crippen LogP contribution in [-0.2, 0) is 12.8 Å². The van der Waals surface area contributed by atoms with Gasteiger partial charge in [0.15, 0.2) is 5.71 Å². The fourth-order valence-corrected chi connectivity index (χ4v) is 5.45. The van der Waals surface area contributed by atoms with Crippen LogP contribution < -0.4 is 4.90 Å². The number of aryl methyl sites for hydroxylation is 1. The van der Waals surface area contributed by atoms with E-state index < -0.39 is 0 Å². The Morgan fingerprint density at radius 3 is 2.36 bits per heavy atom. The predicted octanol–water partition coefficient (Wildman–Crippen LogP) is 5.14. The lowest BCUT2D eigenvalue weighted by atomic mass is 9.91. The van der Waals surface area contributed by atoms with Gasteiger partial charge >= 0.3 is 0 Å². The van der Waals surface area contributed by atoms with Gasteiger partial charge in [-0.3, -0.25) is 0 Å². The highest BCUT2D eigenvalue weighted by Gasteiger charge is 2.33. The molecule has 1 aromatic carbocycles. The summed E-state index contributed by atoms with van der Waals surface area (Å²) in [5, 5.41) is 0. The maximum absolute atomic E-state index is 2.42. The van der Waals surface area contributed by atoms with E-state index in [-0.39, 0.29) is 0 Å². The van der Waals surface area contributed by atoms with Crippen molar-refractivity contribution >= 4 is 28.4 Å². The second-order valence-electron chi connectivity index (χ2n) is 7.59. The molecule has 2 nitrogen and oxygen atoms in total. The second kappa shape index (κ2) is 5.57. The van der Waals surface area contributed by atoms with Crippen molar-refractivity contribution in [3.8, 4) is 0 Å². The number of nitrogens with zero attached hydrogens (tertiary/aromatic N) is 2. The van der Waals surface area contributed by atoms with Gasteiger partial charge in [-0.1, -0.05) is 0 Å². The molecule has 0 unspecified atom stereocenters. The Morgan fingerprint density at radius 1 is 1.00 bits per heavy atom. The lowest BCUT2D eigenvalue weighted by Crippen LogP contribution is -2.15. The molecule has 130 valence electrons. The van der Waals surface area contributed by atoms with Crippen molar-refractivity contribution in [2.24, 2.45) is 0 Å². The first kappa shape index (κ1) is 16.6. The van der Waals surface area contributed by atoms with E-state index in [2.05, 4.69) is 70.3 Å². The van der Waals surface area contributed by atoms with Crippen molar-refractivity contribution in [1.29, 1.82) is 0 Å². The molecule has 2 aromatic rings. The zero-order chi connectivity index (χ0) is 18.0. The first-order valence-electron chi connectivity index (χ1n) is 9.02. The molecule has 2 aliphatic heterocycles. The van der Waals surface area contributed by atoms with Crippen LogP contribution in [0.25, 0.3) is 0 Å².